The number of halogens is 1. The lowest BCUT2D eigenvalue weighted by Gasteiger charge is -2.00. The highest BCUT2D eigenvalue weighted by Gasteiger charge is 2.03. The number of benzene rings is 1. The molecule has 0 saturated carbocycles. The molecule has 0 amide bonds. The highest BCUT2D eigenvalue weighted by molar-refractivity contribution is 6.25. The van der Waals surface area contributed by atoms with Gasteiger partial charge in [0.25, 0.3) is 0 Å². The van der Waals surface area contributed by atoms with Crippen LogP contribution in [0.25, 0.3) is 11.1 Å². The highest BCUT2D eigenvalue weighted by Crippen LogP contribution is 2.24. The largest absolute Gasteiger partial charge is 0.398 e. The van der Waals surface area contributed by atoms with Crippen molar-refractivity contribution in [2.45, 2.75) is 6.54 Å². The molecule has 0 aliphatic rings. The Bertz CT molecular complexity index is 502. The van der Waals surface area contributed by atoms with Gasteiger partial charge in [0.05, 0.1) is 12.7 Å². The SMILES string of the molecule is Nc1ccccc1-c1cnn(C/C=C/Cl)c1. The molecule has 4 heteroatoms. The highest BCUT2D eigenvalue weighted by atomic mass is 35.5. The molecule has 1 aromatic heterocycles. The summed E-state index contributed by atoms with van der Waals surface area (Å²) in [6.45, 7) is 0.663. The first kappa shape index (κ1) is 10.8. The summed E-state index contributed by atoms with van der Waals surface area (Å²) in [6.07, 6.45) is 5.57. The third kappa shape index (κ3) is 2.25. The average molecular weight is 234 g/mol. The standard InChI is InChI=1S/C12H12ClN3/c13-6-3-7-16-9-10(8-15-16)11-4-1-2-5-12(11)14/h1-6,8-9H,7,14H2/b6-3+. The molecule has 0 aliphatic carbocycles. The summed E-state index contributed by atoms with van der Waals surface area (Å²) in [5.41, 5.74) is 10.2. The summed E-state index contributed by atoms with van der Waals surface area (Å²) in [6, 6.07) is 7.74. The van der Waals surface area contributed by atoms with Crippen molar-refractivity contribution >= 4 is 17.3 Å². The van der Waals surface area contributed by atoms with E-state index in [0.717, 1.165) is 16.8 Å². The van der Waals surface area contributed by atoms with Crippen LogP contribution in [0, 0.1) is 0 Å². The number of nitrogen functional groups attached to an aromatic ring is 1. The van der Waals surface area contributed by atoms with Crippen molar-refractivity contribution in [2.24, 2.45) is 0 Å². The predicted octanol–water partition coefficient (Wildman–Crippen LogP) is 2.88. The van der Waals surface area contributed by atoms with Crippen molar-refractivity contribution in [3.8, 4) is 11.1 Å². The number of allylic oxidation sites excluding steroid dienone is 1. The van der Waals surface area contributed by atoms with E-state index in [1.165, 1.54) is 5.54 Å². The van der Waals surface area contributed by atoms with Crippen LogP contribution in [0.3, 0.4) is 0 Å². The minimum absolute atomic E-state index is 0.663. The fourth-order valence-electron chi connectivity index (χ4n) is 1.51. The molecule has 0 saturated heterocycles. The Morgan fingerprint density at radius 2 is 2.19 bits per heavy atom. The predicted molar refractivity (Wildman–Crippen MR) is 67.1 cm³/mol. The van der Waals surface area contributed by atoms with E-state index in [1.54, 1.807) is 10.9 Å². The summed E-state index contributed by atoms with van der Waals surface area (Å²) < 4.78 is 1.81. The molecule has 2 N–H and O–H groups in total. The van der Waals surface area contributed by atoms with Gasteiger partial charge in [0, 0.05) is 28.5 Å². The van der Waals surface area contributed by atoms with E-state index in [2.05, 4.69) is 5.10 Å². The number of anilines is 1. The van der Waals surface area contributed by atoms with Gasteiger partial charge in [-0.1, -0.05) is 35.9 Å². The second-order valence-electron chi connectivity index (χ2n) is 3.40. The number of nitrogens with two attached hydrogens (primary N) is 1. The second kappa shape index (κ2) is 4.86. The maximum absolute atomic E-state index is 5.89. The number of aromatic nitrogens is 2. The van der Waals surface area contributed by atoms with E-state index in [0.29, 0.717) is 6.54 Å². The summed E-state index contributed by atoms with van der Waals surface area (Å²) in [5, 5.41) is 4.22. The quantitative estimate of drug-likeness (QED) is 0.829. The maximum atomic E-state index is 5.89. The van der Waals surface area contributed by atoms with E-state index in [4.69, 9.17) is 17.3 Å². The van der Waals surface area contributed by atoms with Crippen molar-refractivity contribution in [3.05, 3.63) is 48.3 Å². The Kier molecular flexibility index (Phi) is 3.27. The molecule has 3 nitrogen and oxygen atoms in total. The van der Waals surface area contributed by atoms with Crippen molar-refractivity contribution < 1.29 is 0 Å². The van der Waals surface area contributed by atoms with Crippen LogP contribution in [0.1, 0.15) is 0 Å². The molecule has 0 radical (unpaired) electrons. The fourth-order valence-corrected chi connectivity index (χ4v) is 1.59. The second-order valence-corrected chi connectivity index (χ2v) is 3.65. The molecule has 0 bridgehead atoms. The topological polar surface area (TPSA) is 43.8 Å². The molecule has 16 heavy (non-hydrogen) atoms. The van der Waals surface area contributed by atoms with Crippen LogP contribution >= 0.6 is 11.6 Å². The number of para-hydroxylation sites is 1. The Morgan fingerprint density at radius 3 is 2.94 bits per heavy atom. The number of rotatable bonds is 3. The van der Waals surface area contributed by atoms with Gasteiger partial charge in [-0.25, -0.2) is 0 Å². The molecule has 1 heterocycles. The Morgan fingerprint density at radius 1 is 1.38 bits per heavy atom. The van der Waals surface area contributed by atoms with Gasteiger partial charge in [0.2, 0.25) is 0 Å². The fraction of sp³-hybridized carbons (Fsp3) is 0.0833. The van der Waals surface area contributed by atoms with Gasteiger partial charge >= 0.3 is 0 Å². The van der Waals surface area contributed by atoms with Crippen LogP contribution < -0.4 is 5.73 Å². The number of hydrogen-bond donors (Lipinski definition) is 1. The molecule has 0 spiro atoms. The van der Waals surface area contributed by atoms with Crippen LogP contribution in [-0.4, -0.2) is 9.78 Å². The lowest BCUT2D eigenvalue weighted by atomic mass is 10.1. The molecule has 0 atom stereocenters. The lowest BCUT2D eigenvalue weighted by Crippen LogP contribution is -1.94. The first-order chi connectivity index (χ1) is 7.81. The summed E-state index contributed by atoms with van der Waals surface area (Å²) >= 11 is 5.46. The normalized spacial score (nSPS) is 11.1. The molecule has 2 rings (SSSR count). The molecule has 82 valence electrons. The van der Waals surface area contributed by atoms with Crippen LogP contribution in [0.2, 0.25) is 0 Å². The zero-order valence-corrected chi connectivity index (χ0v) is 9.43. The zero-order chi connectivity index (χ0) is 11.4. The lowest BCUT2D eigenvalue weighted by molar-refractivity contribution is 0.702. The molecule has 0 unspecified atom stereocenters. The third-order valence-electron chi connectivity index (χ3n) is 2.29. The smallest absolute Gasteiger partial charge is 0.0601 e. The van der Waals surface area contributed by atoms with Gasteiger partial charge in [-0.15, -0.1) is 0 Å². The molecule has 1 aromatic carbocycles. The molecule has 0 aliphatic heterocycles. The van der Waals surface area contributed by atoms with Gasteiger partial charge < -0.3 is 5.73 Å². The van der Waals surface area contributed by atoms with Gasteiger partial charge in [0.1, 0.15) is 0 Å². The minimum atomic E-state index is 0.663. The molecule has 2 aromatic rings. The third-order valence-corrected chi connectivity index (χ3v) is 2.46. The maximum Gasteiger partial charge on any atom is 0.0601 e. The van der Waals surface area contributed by atoms with E-state index < -0.39 is 0 Å². The Hall–Kier alpha value is -1.74. The molecule has 0 fully saturated rings. The van der Waals surface area contributed by atoms with E-state index in [-0.39, 0.29) is 0 Å². The van der Waals surface area contributed by atoms with Crippen molar-refractivity contribution in [1.82, 2.24) is 9.78 Å². The van der Waals surface area contributed by atoms with Crippen LogP contribution in [0.5, 0.6) is 0 Å². The molecular weight excluding hydrogens is 222 g/mol. The summed E-state index contributed by atoms with van der Waals surface area (Å²) in [5.74, 6) is 0. The molecular formula is C12H12ClN3. The summed E-state index contributed by atoms with van der Waals surface area (Å²) in [4.78, 5) is 0. The van der Waals surface area contributed by atoms with Crippen LogP contribution in [-0.2, 0) is 6.54 Å². The van der Waals surface area contributed by atoms with Gasteiger partial charge in [0.15, 0.2) is 0 Å². The first-order valence-electron chi connectivity index (χ1n) is 4.94. The van der Waals surface area contributed by atoms with E-state index in [1.807, 2.05) is 36.5 Å². The van der Waals surface area contributed by atoms with Crippen molar-refractivity contribution in [2.75, 3.05) is 5.73 Å². The van der Waals surface area contributed by atoms with Crippen LogP contribution in [0.15, 0.2) is 48.3 Å². The van der Waals surface area contributed by atoms with Crippen LogP contribution in [0.4, 0.5) is 5.69 Å². The van der Waals surface area contributed by atoms with Gasteiger partial charge in [-0.3, -0.25) is 4.68 Å². The number of hydrogen-bond acceptors (Lipinski definition) is 2. The Labute approximate surface area is 99.1 Å². The first-order valence-corrected chi connectivity index (χ1v) is 5.37. The van der Waals surface area contributed by atoms with Crippen molar-refractivity contribution in [1.29, 1.82) is 0 Å². The van der Waals surface area contributed by atoms with Crippen molar-refractivity contribution in [3.63, 3.8) is 0 Å². The monoisotopic (exact) mass is 233 g/mol. The van der Waals surface area contributed by atoms with Gasteiger partial charge in [-0.05, 0) is 6.07 Å². The van der Waals surface area contributed by atoms with E-state index in [9.17, 15) is 0 Å². The minimum Gasteiger partial charge on any atom is -0.398 e. The number of nitrogens with zero attached hydrogens (tertiary/aromatic N) is 2. The Balaban J connectivity index is 2.28. The average Bonchev–Trinajstić information content (AvgIpc) is 2.75. The van der Waals surface area contributed by atoms with E-state index >= 15 is 0 Å². The zero-order valence-electron chi connectivity index (χ0n) is 8.68. The summed E-state index contributed by atoms with van der Waals surface area (Å²) in [7, 11) is 0. The van der Waals surface area contributed by atoms with Gasteiger partial charge in [-0.2, -0.15) is 5.10 Å².